The van der Waals surface area contributed by atoms with Crippen molar-refractivity contribution in [2.45, 2.75) is 96.7 Å². The molecular formula is C46H65FN8O6. The summed E-state index contributed by atoms with van der Waals surface area (Å²) in [7, 11) is 0. The van der Waals surface area contributed by atoms with Gasteiger partial charge in [-0.3, -0.25) is 29.0 Å². The molecule has 2 N–H and O–H groups in total. The Morgan fingerprint density at radius 1 is 0.885 bits per heavy atom. The number of piperazine rings is 2. The van der Waals surface area contributed by atoms with Gasteiger partial charge in [-0.1, -0.05) is 43.5 Å². The molecule has 4 heterocycles. The Kier molecular flexibility index (Phi) is 14.1. The summed E-state index contributed by atoms with van der Waals surface area (Å²) in [6.07, 6.45) is 6.93. The Labute approximate surface area is 359 Å². The van der Waals surface area contributed by atoms with E-state index >= 15 is 4.39 Å². The third kappa shape index (κ3) is 11.1. The number of nitrogens with one attached hydrogen (secondary N) is 2. The van der Waals surface area contributed by atoms with Crippen molar-refractivity contribution in [3.8, 4) is 0 Å². The van der Waals surface area contributed by atoms with E-state index in [1.54, 1.807) is 34.1 Å². The highest BCUT2D eigenvalue weighted by Gasteiger charge is 2.39. The lowest BCUT2D eigenvalue weighted by atomic mass is 9.83. The summed E-state index contributed by atoms with van der Waals surface area (Å²) in [6.45, 7) is 14.2. The highest BCUT2D eigenvalue weighted by Crippen LogP contribution is 2.29. The van der Waals surface area contributed by atoms with E-state index in [4.69, 9.17) is 4.74 Å². The number of aromatic nitrogens is 2. The molecule has 1 saturated carbocycles. The van der Waals surface area contributed by atoms with Gasteiger partial charge in [0, 0.05) is 71.6 Å². The number of fused-ring (bicyclic) bond motifs is 1. The van der Waals surface area contributed by atoms with Gasteiger partial charge in [-0.2, -0.15) is 5.10 Å². The van der Waals surface area contributed by atoms with Crippen LogP contribution in [0.15, 0.2) is 47.3 Å². The summed E-state index contributed by atoms with van der Waals surface area (Å²) in [5.41, 5.74) is 0.388. The number of ether oxygens (including phenoxy) is 1. The molecule has 332 valence electrons. The van der Waals surface area contributed by atoms with Crippen molar-refractivity contribution < 1.29 is 29.7 Å². The molecule has 0 spiro atoms. The number of carbonyl (C=O) groups excluding carboxylic acids is 4. The number of nitrogens with zero attached hydrogens (tertiary/aromatic N) is 6. The van der Waals surface area contributed by atoms with Gasteiger partial charge in [-0.25, -0.2) is 14.3 Å². The lowest BCUT2D eigenvalue weighted by molar-refractivity contribution is -0.140. The smallest absolute Gasteiger partial charge is 0.408 e. The Balaban J connectivity index is 0.00000641. The Hall–Kier alpha value is -4.89. The summed E-state index contributed by atoms with van der Waals surface area (Å²) in [5.74, 6) is -0.343. The fraction of sp³-hybridized carbons (Fsp3) is 0.609. The second-order valence-electron chi connectivity index (χ2n) is 18.6. The van der Waals surface area contributed by atoms with Gasteiger partial charge in [0.25, 0.3) is 11.5 Å². The number of amides is 4. The largest absolute Gasteiger partial charge is 0.444 e. The molecule has 1 aromatic heterocycles. The predicted octanol–water partition coefficient (Wildman–Crippen LogP) is 4.90. The van der Waals surface area contributed by atoms with E-state index in [9.17, 15) is 24.0 Å². The van der Waals surface area contributed by atoms with Crippen LogP contribution in [0.5, 0.6) is 0 Å². The number of likely N-dealkylation sites (tertiary alicyclic amines) is 1. The van der Waals surface area contributed by atoms with Crippen molar-refractivity contribution in [2.24, 2.45) is 11.8 Å². The molecule has 1 aliphatic carbocycles. The topological polar surface area (TPSA) is 151 Å². The fourth-order valence-electron chi connectivity index (χ4n) is 9.65. The summed E-state index contributed by atoms with van der Waals surface area (Å²) in [6, 6.07) is 11.1. The Bertz CT molecular complexity index is 2110. The minimum absolute atomic E-state index is 0. The molecule has 2 aromatic carbocycles. The second-order valence-corrected chi connectivity index (χ2v) is 18.6. The summed E-state index contributed by atoms with van der Waals surface area (Å²) in [4.78, 5) is 76.1. The molecule has 0 bridgehead atoms. The zero-order valence-corrected chi connectivity index (χ0v) is 36.3. The number of alkyl carbamates (subject to hydrolysis) is 1. The number of hydrogen-bond acceptors (Lipinski definition) is 9. The average molecular weight is 845 g/mol. The lowest BCUT2D eigenvalue weighted by Gasteiger charge is -2.44. The van der Waals surface area contributed by atoms with Crippen molar-refractivity contribution in [1.82, 2.24) is 40.0 Å². The van der Waals surface area contributed by atoms with Crippen LogP contribution in [0.2, 0.25) is 0 Å². The zero-order chi connectivity index (χ0) is 43.3. The predicted molar refractivity (Wildman–Crippen MR) is 233 cm³/mol. The quantitative estimate of drug-likeness (QED) is 0.291. The van der Waals surface area contributed by atoms with Crippen LogP contribution in [0, 0.1) is 17.7 Å². The first-order valence-corrected chi connectivity index (χ1v) is 22.3. The van der Waals surface area contributed by atoms with Crippen LogP contribution < -0.4 is 10.9 Å². The first kappa shape index (κ1) is 44.2. The third-order valence-electron chi connectivity index (χ3n) is 13.0. The summed E-state index contributed by atoms with van der Waals surface area (Å²) < 4.78 is 20.6. The first-order valence-electron chi connectivity index (χ1n) is 22.3. The van der Waals surface area contributed by atoms with Gasteiger partial charge in [-0.05, 0) is 102 Å². The minimum atomic E-state index is -0.640. The number of piperidine rings is 1. The van der Waals surface area contributed by atoms with Crippen LogP contribution in [0.1, 0.15) is 95.7 Å². The molecule has 61 heavy (non-hydrogen) atoms. The van der Waals surface area contributed by atoms with Gasteiger partial charge >= 0.3 is 6.09 Å². The molecule has 0 unspecified atom stereocenters. The van der Waals surface area contributed by atoms with Crippen LogP contribution in [0.3, 0.4) is 0 Å². The van der Waals surface area contributed by atoms with Gasteiger partial charge in [0.15, 0.2) is 0 Å². The number of hydrogen-bond donors (Lipinski definition) is 2. The van der Waals surface area contributed by atoms with E-state index in [-0.39, 0.29) is 36.3 Å². The molecule has 15 heteroatoms. The van der Waals surface area contributed by atoms with Crippen molar-refractivity contribution >= 4 is 34.6 Å². The van der Waals surface area contributed by atoms with E-state index in [0.717, 1.165) is 77.7 Å². The molecule has 0 radical (unpaired) electrons. The molecule has 4 amide bonds. The van der Waals surface area contributed by atoms with E-state index in [1.807, 2.05) is 37.8 Å². The van der Waals surface area contributed by atoms with Crippen molar-refractivity contribution in [2.75, 3.05) is 72.0 Å². The number of rotatable bonds is 10. The van der Waals surface area contributed by atoms with Gasteiger partial charge in [0.1, 0.15) is 17.5 Å². The number of halogens is 1. The highest BCUT2D eigenvalue weighted by molar-refractivity contribution is 5.95. The van der Waals surface area contributed by atoms with E-state index in [0.29, 0.717) is 73.6 Å². The lowest BCUT2D eigenvalue weighted by Crippen LogP contribution is -2.61. The average Bonchev–Trinajstić information content (AvgIpc) is 3.24. The summed E-state index contributed by atoms with van der Waals surface area (Å²) >= 11 is 0. The van der Waals surface area contributed by atoms with E-state index in [1.165, 1.54) is 6.07 Å². The summed E-state index contributed by atoms with van der Waals surface area (Å²) in [5, 5.41) is 11.0. The van der Waals surface area contributed by atoms with Crippen molar-refractivity contribution in [3.63, 3.8) is 0 Å². The molecule has 14 nitrogen and oxygen atoms in total. The zero-order valence-electron chi connectivity index (χ0n) is 36.3. The van der Waals surface area contributed by atoms with Crippen LogP contribution in [0.4, 0.5) is 9.18 Å². The van der Waals surface area contributed by atoms with Crippen LogP contribution in [-0.4, -0.2) is 148 Å². The van der Waals surface area contributed by atoms with E-state index in [2.05, 4.69) is 32.2 Å². The Morgan fingerprint density at radius 3 is 2.26 bits per heavy atom. The Morgan fingerprint density at radius 2 is 1.57 bits per heavy atom. The molecule has 7 rings (SSSR count). The number of aromatic amines is 1. The van der Waals surface area contributed by atoms with E-state index < -0.39 is 29.5 Å². The van der Waals surface area contributed by atoms with Crippen LogP contribution >= 0.6 is 0 Å². The van der Waals surface area contributed by atoms with Crippen LogP contribution in [-0.2, 0) is 20.7 Å². The molecule has 4 fully saturated rings. The van der Waals surface area contributed by atoms with Gasteiger partial charge < -0.3 is 24.8 Å². The van der Waals surface area contributed by atoms with Gasteiger partial charge in [-0.15, -0.1) is 0 Å². The SMILES string of the molecule is C[C@@H]1CN(CC2CCN(CC(=O)N3CCN(C(=O)c4cc(Cc5n[nH]c(=O)c6ccccc56)ccc4F)CC3)CC2)CCN1C(=O)[C@H](NC(=O)OC(C)(C)C)C1CCCCC1.[HH]. The molecule has 4 aliphatic rings. The van der Waals surface area contributed by atoms with Crippen molar-refractivity contribution in [3.05, 3.63) is 75.5 Å². The van der Waals surface area contributed by atoms with Gasteiger partial charge in [0.05, 0.1) is 23.2 Å². The third-order valence-corrected chi connectivity index (χ3v) is 13.0. The maximum Gasteiger partial charge on any atom is 0.408 e. The second kappa shape index (κ2) is 19.4. The first-order chi connectivity index (χ1) is 29.2. The molecule has 3 saturated heterocycles. The number of carbonyl (C=O) groups is 4. The maximum absolute atomic E-state index is 15.1. The molecular weight excluding hydrogens is 780 g/mol. The highest BCUT2D eigenvalue weighted by atomic mass is 19.1. The van der Waals surface area contributed by atoms with Crippen molar-refractivity contribution in [1.29, 1.82) is 0 Å². The molecule has 2 atom stereocenters. The minimum Gasteiger partial charge on any atom is -0.444 e. The normalized spacial score (nSPS) is 20.7. The fourth-order valence-corrected chi connectivity index (χ4v) is 9.65. The maximum atomic E-state index is 15.1. The van der Waals surface area contributed by atoms with Gasteiger partial charge in [0.2, 0.25) is 11.8 Å². The molecule has 3 aliphatic heterocycles. The van der Waals surface area contributed by atoms with Crippen LogP contribution in [0.25, 0.3) is 10.8 Å². The molecule has 3 aromatic rings. The monoisotopic (exact) mass is 845 g/mol. The number of benzene rings is 2. The number of H-pyrrole nitrogens is 1. The standard InChI is InChI=1S/C46H63FN8O6.H2/c1-31-28-52(20-25-55(31)44(59)41(34-10-6-5-7-11-34)48-45(60)61-46(2,3)4)29-32-16-18-51(19-17-32)30-40(56)53-21-23-54(24-22-53)43(58)37-26-33(14-15-38(37)47)27-39-35-12-8-9-13-36(35)42(57)50-49-39;/h8-9,12-15,26,31-32,34,41H,5-7,10-11,16-25,27-30H2,1-4H3,(H,48,60)(H,50,57);1H/t31-,41-;/m1./s1.